The first-order valence-corrected chi connectivity index (χ1v) is 6.38. The zero-order chi connectivity index (χ0) is 14.3. The van der Waals surface area contributed by atoms with Gasteiger partial charge in [-0.1, -0.05) is 19.1 Å². The number of amides is 3. The normalized spacial score (nSPS) is 9.84. The van der Waals surface area contributed by atoms with Crippen LogP contribution in [0.1, 0.15) is 25.8 Å². The van der Waals surface area contributed by atoms with Gasteiger partial charge in [0, 0.05) is 32.7 Å². The SMILES string of the molecule is CCCNC(=O)Nc1cccc(CN(C)C(C)=O)c1. The minimum atomic E-state index is -0.209. The van der Waals surface area contributed by atoms with Crippen LogP contribution in [-0.4, -0.2) is 30.4 Å². The molecule has 104 valence electrons. The van der Waals surface area contributed by atoms with Crippen LogP contribution in [0.2, 0.25) is 0 Å². The summed E-state index contributed by atoms with van der Waals surface area (Å²) < 4.78 is 0. The Kier molecular flexibility index (Phi) is 5.85. The van der Waals surface area contributed by atoms with Crippen LogP contribution in [0.4, 0.5) is 10.5 Å². The van der Waals surface area contributed by atoms with E-state index < -0.39 is 0 Å². The number of carbonyl (C=O) groups excluding carboxylic acids is 2. The number of anilines is 1. The maximum absolute atomic E-state index is 11.5. The Bertz CT molecular complexity index is 446. The van der Waals surface area contributed by atoms with Crippen LogP contribution in [0.15, 0.2) is 24.3 Å². The van der Waals surface area contributed by atoms with Crippen molar-refractivity contribution in [3.63, 3.8) is 0 Å². The van der Waals surface area contributed by atoms with Gasteiger partial charge in [-0.15, -0.1) is 0 Å². The highest BCUT2D eigenvalue weighted by Crippen LogP contribution is 2.12. The zero-order valence-electron chi connectivity index (χ0n) is 11.7. The number of rotatable bonds is 5. The van der Waals surface area contributed by atoms with Crippen molar-refractivity contribution < 1.29 is 9.59 Å². The Hall–Kier alpha value is -2.04. The first-order valence-electron chi connectivity index (χ1n) is 6.38. The number of nitrogens with zero attached hydrogens (tertiary/aromatic N) is 1. The maximum Gasteiger partial charge on any atom is 0.319 e. The van der Waals surface area contributed by atoms with Gasteiger partial charge in [0.15, 0.2) is 0 Å². The number of nitrogens with one attached hydrogen (secondary N) is 2. The summed E-state index contributed by atoms with van der Waals surface area (Å²) in [5, 5.41) is 5.51. The van der Waals surface area contributed by atoms with E-state index >= 15 is 0 Å². The van der Waals surface area contributed by atoms with Crippen LogP contribution in [0.25, 0.3) is 0 Å². The monoisotopic (exact) mass is 263 g/mol. The second-order valence-corrected chi connectivity index (χ2v) is 4.46. The number of benzene rings is 1. The van der Waals surface area contributed by atoms with Gasteiger partial charge in [-0.2, -0.15) is 0 Å². The Morgan fingerprint density at radius 1 is 1.32 bits per heavy atom. The molecule has 19 heavy (non-hydrogen) atoms. The van der Waals surface area contributed by atoms with Crippen LogP contribution >= 0.6 is 0 Å². The van der Waals surface area contributed by atoms with Crippen molar-refractivity contribution in [3.05, 3.63) is 29.8 Å². The van der Waals surface area contributed by atoms with E-state index in [4.69, 9.17) is 0 Å². The molecule has 0 atom stereocenters. The van der Waals surface area contributed by atoms with E-state index in [-0.39, 0.29) is 11.9 Å². The van der Waals surface area contributed by atoms with Crippen LogP contribution in [-0.2, 0) is 11.3 Å². The minimum Gasteiger partial charge on any atom is -0.342 e. The van der Waals surface area contributed by atoms with E-state index in [2.05, 4.69) is 10.6 Å². The Balaban J connectivity index is 2.61. The van der Waals surface area contributed by atoms with Crippen molar-refractivity contribution in [3.8, 4) is 0 Å². The number of hydrogen-bond donors (Lipinski definition) is 2. The highest BCUT2D eigenvalue weighted by molar-refractivity contribution is 5.89. The van der Waals surface area contributed by atoms with E-state index in [0.29, 0.717) is 13.1 Å². The highest BCUT2D eigenvalue weighted by atomic mass is 16.2. The van der Waals surface area contributed by atoms with Gasteiger partial charge < -0.3 is 15.5 Å². The van der Waals surface area contributed by atoms with Gasteiger partial charge in [0.1, 0.15) is 0 Å². The Morgan fingerprint density at radius 2 is 2.05 bits per heavy atom. The molecule has 2 N–H and O–H groups in total. The fourth-order valence-corrected chi connectivity index (χ4v) is 1.55. The largest absolute Gasteiger partial charge is 0.342 e. The molecule has 0 aromatic heterocycles. The standard InChI is InChI=1S/C14H21N3O2/c1-4-8-15-14(19)16-13-7-5-6-12(9-13)10-17(3)11(2)18/h5-7,9H,4,8,10H2,1-3H3,(H2,15,16,19). The number of urea groups is 1. The van der Waals surface area contributed by atoms with Gasteiger partial charge in [-0.3, -0.25) is 4.79 Å². The molecule has 5 nitrogen and oxygen atoms in total. The molecule has 0 aliphatic carbocycles. The number of carbonyl (C=O) groups is 2. The summed E-state index contributed by atoms with van der Waals surface area (Å²) in [6.07, 6.45) is 0.900. The predicted octanol–water partition coefficient (Wildman–Crippen LogP) is 2.20. The fraction of sp³-hybridized carbons (Fsp3) is 0.429. The second kappa shape index (κ2) is 7.41. The molecule has 1 aromatic rings. The second-order valence-electron chi connectivity index (χ2n) is 4.46. The lowest BCUT2D eigenvalue weighted by Gasteiger charge is -2.15. The predicted molar refractivity (Wildman–Crippen MR) is 75.9 cm³/mol. The third-order valence-corrected chi connectivity index (χ3v) is 2.68. The molecule has 0 fully saturated rings. The molecule has 0 unspecified atom stereocenters. The fourth-order valence-electron chi connectivity index (χ4n) is 1.55. The summed E-state index contributed by atoms with van der Waals surface area (Å²) in [4.78, 5) is 24.3. The van der Waals surface area contributed by atoms with Crippen molar-refractivity contribution in [1.82, 2.24) is 10.2 Å². The van der Waals surface area contributed by atoms with Crippen molar-refractivity contribution >= 4 is 17.6 Å². The first-order chi connectivity index (χ1) is 9.02. The van der Waals surface area contributed by atoms with Gasteiger partial charge in [-0.25, -0.2) is 4.79 Å². The van der Waals surface area contributed by atoms with Crippen LogP contribution in [0, 0.1) is 0 Å². The maximum atomic E-state index is 11.5. The third kappa shape index (κ3) is 5.42. The van der Waals surface area contributed by atoms with Crippen molar-refractivity contribution in [1.29, 1.82) is 0 Å². The van der Waals surface area contributed by atoms with E-state index in [9.17, 15) is 9.59 Å². The summed E-state index contributed by atoms with van der Waals surface area (Å²) in [5.74, 6) is 0.0130. The lowest BCUT2D eigenvalue weighted by Crippen LogP contribution is -2.29. The smallest absolute Gasteiger partial charge is 0.319 e. The quantitative estimate of drug-likeness (QED) is 0.855. The molecule has 0 aliphatic heterocycles. The van der Waals surface area contributed by atoms with Gasteiger partial charge >= 0.3 is 6.03 Å². The molecule has 0 saturated heterocycles. The minimum absolute atomic E-state index is 0.0130. The van der Waals surface area contributed by atoms with Crippen molar-refractivity contribution in [2.24, 2.45) is 0 Å². The summed E-state index contributed by atoms with van der Waals surface area (Å²) in [6.45, 7) is 4.71. The Morgan fingerprint density at radius 3 is 2.68 bits per heavy atom. The summed E-state index contributed by atoms with van der Waals surface area (Å²) >= 11 is 0. The Labute approximate surface area is 114 Å². The molecule has 0 heterocycles. The molecule has 0 bridgehead atoms. The van der Waals surface area contributed by atoms with Gasteiger partial charge in [0.05, 0.1) is 0 Å². The van der Waals surface area contributed by atoms with Gasteiger partial charge in [0.2, 0.25) is 5.91 Å². The number of hydrogen-bond acceptors (Lipinski definition) is 2. The van der Waals surface area contributed by atoms with Crippen molar-refractivity contribution in [2.45, 2.75) is 26.8 Å². The molecule has 0 saturated carbocycles. The van der Waals surface area contributed by atoms with Gasteiger partial charge in [0.25, 0.3) is 0 Å². The molecule has 1 aromatic carbocycles. The molecule has 0 aliphatic rings. The highest BCUT2D eigenvalue weighted by Gasteiger charge is 2.05. The molecule has 0 spiro atoms. The van der Waals surface area contributed by atoms with E-state index in [1.807, 2.05) is 31.2 Å². The topological polar surface area (TPSA) is 61.4 Å². The average Bonchev–Trinajstić information content (AvgIpc) is 2.36. The molecular weight excluding hydrogens is 242 g/mol. The molecule has 3 amide bonds. The van der Waals surface area contributed by atoms with Crippen LogP contribution in [0.5, 0.6) is 0 Å². The van der Waals surface area contributed by atoms with Crippen LogP contribution < -0.4 is 10.6 Å². The lowest BCUT2D eigenvalue weighted by atomic mass is 10.2. The summed E-state index contributed by atoms with van der Waals surface area (Å²) in [5.41, 5.74) is 1.70. The third-order valence-electron chi connectivity index (χ3n) is 2.68. The molecule has 0 radical (unpaired) electrons. The molecule has 5 heteroatoms. The summed E-state index contributed by atoms with van der Waals surface area (Å²) in [7, 11) is 1.75. The van der Waals surface area contributed by atoms with Gasteiger partial charge in [-0.05, 0) is 24.1 Å². The average molecular weight is 263 g/mol. The zero-order valence-corrected chi connectivity index (χ0v) is 11.7. The van der Waals surface area contributed by atoms with E-state index in [1.54, 1.807) is 11.9 Å². The van der Waals surface area contributed by atoms with E-state index in [1.165, 1.54) is 6.92 Å². The van der Waals surface area contributed by atoms with Crippen LogP contribution in [0.3, 0.4) is 0 Å². The first kappa shape index (κ1) is 15.0. The molecular formula is C14H21N3O2. The lowest BCUT2D eigenvalue weighted by molar-refractivity contribution is -0.128. The van der Waals surface area contributed by atoms with Crippen molar-refractivity contribution in [2.75, 3.05) is 18.9 Å². The molecule has 1 rings (SSSR count). The summed E-state index contributed by atoms with van der Waals surface area (Å²) in [6, 6.07) is 7.26. The van der Waals surface area contributed by atoms with E-state index in [0.717, 1.165) is 17.7 Å².